The zero-order valence-electron chi connectivity index (χ0n) is 17.9. The predicted octanol–water partition coefficient (Wildman–Crippen LogP) is 3.89. The van der Waals surface area contributed by atoms with Gasteiger partial charge in [-0.2, -0.15) is 0 Å². The van der Waals surface area contributed by atoms with E-state index in [1.54, 1.807) is 6.20 Å². The van der Waals surface area contributed by atoms with Crippen LogP contribution >= 0.6 is 0 Å². The Kier molecular flexibility index (Phi) is 6.97. The lowest BCUT2D eigenvalue weighted by Gasteiger charge is -2.35. The maximum absolute atomic E-state index is 12.6. The quantitative estimate of drug-likeness (QED) is 0.596. The third kappa shape index (κ3) is 5.63. The fourth-order valence-corrected chi connectivity index (χ4v) is 3.70. The molecule has 1 aliphatic heterocycles. The summed E-state index contributed by atoms with van der Waals surface area (Å²) in [5.41, 5.74) is 2.44. The van der Waals surface area contributed by atoms with Crippen LogP contribution in [-0.4, -0.2) is 47.9 Å². The zero-order chi connectivity index (χ0) is 22.2. The van der Waals surface area contributed by atoms with E-state index in [-0.39, 0.29) is 24.7 Å². The van der Waals surface area contributed by atoms with E-state index in [0.29, 0.717) is 18.8 Å². The third-order valence-electron chi connectivity index (χ3n) is 5.43. The zero-order valence-corrected chi connectivity index (χ0v) is 17.9. The molecule has 0 atom stereocenters. The van der Waals surface area contributed by atoms with Gasteiger partial charge in [0.1, 0.15) is 5.82 Å². The van der Waals surface area contributed by atoms with Crippen molar-refractivity contribution in [2.45, 2.75) is 12.8 Å². The molecular formula is C25H27N5O2. The predicted molar refractivity (Wildman–Crippen MR) is 127 cm³/mol. The highest BCUT2D eigenvalue weighted by atomic mass is 16.2. The second-order valence-corrected chi connectivity index (χ2v) is 7.64. The Balaban J connectivity index is 1.25. The van der Waals surface area contributed by atoms with E-state index in [1.807, 2.05) is 77.7 Å². The van der Waals surface area contributed by atoms with Gasteiger partial charge in [0.05, 0.1) is 11.4 Å². The molecule has 7 nitrogen and oxygen atoms in total. The fraction of sp³-hybridized carbons (Fsp3) is 0.240. The lowest BCUT2D eigenvalue weighted by molar-refractivity contribution is -0.133. The molecule has 0 aliphatic carbocycles. The van der Waals surface area contributed by atoms with Crippen molar-refractivity contribution in [2.75, 3.05) is 41.7 Å². The molecule has 164 valence electrons. The van der Waals surface area contributed by atoms with Crippen molar-refractivity contribution in [3.63, 3.8) is 0 Å². The van der Waals surface area contributed by atoms with E-state index < -0.39 is 0 Å². The Bertz CT molecular complexity index is 1030. The van der Waals surface area contributed by atoms with Crippen LogP contribution in [0.3, 0.4) is 0 Å². The van der Waals surface area contributed by atoms with Gasteiger partial charge in [-0.1, -0.05) is 36.4 Å². The number of nitrogens with zero attached hydrogens (tertiary/aromatic N) is 3. The molecule has 2 amide bonds. The Morgan fingerprint density at radius 3 is 2.19 bits per heavy atom. The summed E-state index contributed by atoms with van der Waals surface area (Å²) in [6.07, 6.45) is 2.13. The summed E-state index contributed by atoms with van der Waals surface area (Å²) in [5.74, 6) is 0.769. The van der Waals surface area contributed by atoms with Gasteiger partial charge in [-0.05, 0) is 36.4 Å². The second-order valence-electron chi connectivity index (χ2n) is 7.64. The molecule has 1 fully saturated rings. The monoisotopic (exact) mass is 429 g/mol. The molecule has 1 aliphatic rings. The molecule has 2 aromatic carbocycles. The van der Waals surface area contributed by atoms with Gasteiger partial charge in [0.15, 0.2) is 0 Å². The van der Waals surface area contributed by atoms with Crippen LogP contribution in [0.4, 0.5) is 22.9 Å². The highest BCUT2D eigenvalue weighted by molar-refractivity contribution is 5.96. The Morgan fingerprint density at radius 2 is 1.47 bits per heavy atom. The minimum Gasteiger partial charge on any atom is -0.354 e. The van der Waals surface area contributed by atoms with Gasteiger partial charge in [0.25, 0.3) is 0 Å². The van der Waals surface area contributed by atoms with E-state index in [1.165, 1.54) is 0 Å². The standard InChI is InChI=1S/C25H27N5O2/c31-24(28-22-11-5-4-10-21(22)27-20-8-2-1-3-9-20)13-14-25(32)30-18-16-29(17-19-30)23-12-6-7-15-26-23/h1-12,15,27H,13-14,16-19H2,(H,28,31). The minimum absolute atomic E-state index is 0.0107. The van der Waals surface area contributed by atoms with E-state index in [4.69, 9.17) is 0 Å². The van der Waals surface area contributed by atoms with Crippen molar-refractivity contribution in [1.29, 1.82) is 0 Å². The van der Waals surface area contributed by atoms with Gasteiger partial charge in [0, 0.05) is 50.9 Å². The first-order valence-electron chi connectivity index (χ1n) is 10.8. The molecule has 1 aromatic heterocycles. The molecule has 32 heavy (non-hydrogen) atoms. The highest BCUT2D eigenvalue weighted by Gasteiger charge is 2.22. The number of nitrogens with one attached hydrogen (secondary N) is 2. The third-order valence-corrected chi connectivity index (χ3v) is 5.43. The van der Waals surface area contributed by atoms with Crippen molar-refractivity contribution >= 4 is 34.7 Å². The van der Waals surface area contributed by atoms with Crippen molar-refractivity contribution in [1.82, 2.24) is 9.88 Å². The Labute approximate surface area is 188 Å². The Hall–Kier alpha value is -3.87. The number of para-hydroxylation sites is 3. The van der Waals surface area contributed by atoms with E-state index in [0.717, 1.165) is 30.3 Å². The summed E-state index contributed by atoms with van der Waals surface area (Å²) < 4.78 is 0. The van der Waals surface area contributed by atoms with E-state index >= 15 is 0 Å². The molecule has 0 unspecified atom stereocenters. The largest absolute Gasteiger partial charge is 0.354 e. The summed E-state index contributed by atoms with van der Waals surface area (Å²) in [7, 11) is 0. The number of piperazine rings is 1. The van der Waals surface area contributed by atoms with Crippen LogP contribution in [0.2, 0.25) is 0 Å². The summed E-state index contributed by atoms with van der Waals surface area (Å²) in [4.78, 5) is 33.5. The normalized spacial score (nSPS) is 13.5. The van der Waals surface area contributed by atoms with Crippen LogP contribution in [0.1, 0.15) is 12.8 Å². The van der Waals surface area contributed by atoms with Crippen molar-refractivity contribution in [2.24, 2.45) is 0 Å². The number of anilines is 4. The smallest absolute Gasteiger partial charge is 0.224 e. The number of amides is 2. The maximum atomic E-state index is 12.6. The number of pyridine rings is 1. The molecule has 0 saturated carbocycles. The molecular weight excluding hydrogens is 402 g/mol. The molecule has 2 heterocycles. The van der Waals surface area contributed by atoms with Crippen LogP contribution in [0.25, 0.3) is 0 Å². The number of hydrogen-bond donors (Lipinski definition) is 2. The average Bonchev–Trinajstić information content (AvgIpc) is 2.85. The van der Waals surface area contributed by atoms with Gasteiger partial charge in [-0.15, -0.1) is 0 Å². The fourth-order valence-electron chi connectivity index (χ4n) is 3.70. The van der Waals surface area contributed by atoms with Gasteiger partial charge < -0.3 is 20.4 Å². The number of hydrogen-bond acceptors (Lipinski definition) is 5. The molecule has 0 radical (unpaired) electrons. The number of carbonyl (C=O) groups is 2. The first kappa shape index (κ1) is 21.4. The van der Waals surface area contributed by atoms with Crippen LogP contribution in [0, 0.1) is 0 Å². The SMILES string of the molecule is O=C(CCC(=O)N1CCN(c2ccccn2)CC1)Nc1ccccc1Nc1ccccc1. The molecule has 3 aromatic rings. The van der Waals surface area contributed by atoms with Crippen molar-refractivity contribution in [3.8, 4) is 0 Å². The minimum atomic E-state index is -0.173. The van der Waals surface area contributed by atoms with Crippen LogP contribution in [0.15, 0.2) is 79.0 Å². The number of rotatable bonds is 7. The highest BCUT2D eigenvalue weighted by Crippen LogP contribution is 2.25. The van der Waals surface area contributed by atoms with Gasteiger partial charge in [-0.3, -0.25) is 9.59 Å². The van der Waals surface area contributed by atoms with Crippen LogP contribution in [-0.2, 0) is 9.59 Å². The number of aromatic nitrogens is 1. The van der Waals surface area contributed by atoms with Crippen molar-refractivity contribution < 1.29 is 9.59 Å². The van der Waals surface area contributed by atoms with Crippen LogP contribution in [0.5, 0.6) is 0 Å². The van der Waals surface area contributed by atoms with Gasteiger partial charge in [-0.25, -0.2) is 4.98 Å². The molecule has 7 heteroatoms. The van der Waals surface area contributed by atoms with Crippen molar-refractivity contribution in [3.05, 3.63) is 79.0 Å². The lowest BCUT2D eigenvalue weighted by atomic mass is 10.2. The second kappa shape index (κ2) is 10.4. The van der Waals surface area contributed by atoms with Crippen LogP contribution < -0.4 is 15.5 Å². The Morgan fingerprint density at radius 1 is 0.781 bits per heavy atom. The maximum Gasteiger partial charge on any atom is 0.224 e. The average molecular weight is 430 g/mol. The first-order valence-corrected chi connectivity index (χ1v) is 10.8. The summed E-state index contributed by atoms with van der Waals surface area (Å²) in [5, 5.41) is 6.24. The number of carbonyl (C=O) groups excluding carboxylic acids is 2. The van der Waals surface area contributed by atoms with Gasteiger partial charge >= 0.3 is 0 Å². The lowest BCUT2D eigenvalue weighted by Crippen LogP contribution is -2.49. The molecule has 0 spiro atoms. The number of benzene rings is 2. The topological polar surface area (TPSA) is 77.6 Å². The first-order chi connectivity index (χ1) is 15.7. The summed E-state index contributed by atoms with van der Waals surface area (Å²) in [6.45, 7) is 2.77. The molecule has 1 saturated heterocycles. The molecule has 4 rings (SSSR count). The molecule has 0 bridgehead atoms. The summed E-state index contributed by atoms with van der Waals surface area (Å²) in [6, 6.07) is 23.2. The summed E-state index contributed by atoms with van der Waals surface area (Å²) >= 11 is 0. The molecule has 2 N–H and O–H groups in total. The van der Waals surface area contributed by atoms with E-state index in [2.05, 4.69) is 20.5 Å². The van der Waals surface area contributed by atoms with Gasteiger partial charge in [0.2, 0.25) is 11.8 Å². The van der Waals surface area contributed by atoms with E-state index in [9.17, 15) is 9.59 Å².